The molecular weight excluding hydrogens is 402 g/mol. The van der Waals surface area contributed by atoms with Gasteiger partial charge in [-0.25, -0.2) is 9.97 Å². The molecule has 0 radical (unpaired) electrons. The van der Waals surface area contributed by atoms with E-state index in [1.54, 1.807) is 13.2 Å². The van der Waals surface area contributed by atoms with Crippen LogP contribution in [-0.4, -0.2) is 36.0 Å². The highest BCUT2D eigenvalue weighted by Gasteiger charge is 2.20. The SMILES string of the molecule is C=CC(=C)Nc1cccc(C2=NCc3cnc(Nc4ccc(OCCOC)cc4)nc32)c1. The minimum absolute atomic E-state index is 0.512. The lowest BCUT2D eigenvalue weighted by molar-refractivity contribution is 0.146. The molecule has 4 rings (SSSR count). The number of ether oxygens (including phenoxy) is 2. The van der Waals surface area contributed by atoms with E-state index in [2.05, 4.69) is 28.8 Å². The average molecular weight is 428 g/mol. The normalized spacial score (nSPS) is 12.0. The standard InChI is InChI=1S/C25H25N5O2/c1-4-17(2)28-21-7-5-6-18(14-21)23-24-19(15-26-23)16-27-25(30-24)29-20-8-10-22(11-9-20)32-13-12-31-3/h4-11,14,16,28H,1-2,12-13,15H2,3H3,(H,27,29,30). The van der Waals surface area contributed by atoms with Gasteiger partial charge in [0, 0.05) is 41.5 Å². The largest absolute Gasteiger partial charge is 0.491 e. The lowest BCUT2D eigenvalue weighted by Crippen LogP contribution is -2.08. The Bertz CT molecular complexity index is 1160. The van der Waals surface area contributed by atoms with E-state index in [1.807, 2.05) is 54.7 Å². The zero-order valence-electron chi connectivity index (χ0n) is 18.0. The third kappa shape index (κ3) is 5.01. The summed E-state index contributed by atoms with van der Waals surface area (Å²) >= 11 is 0. The molecule has 0 atom stereocenters. The molecule has 162 valence electrons. The lowest BCUT2D eigenvalue weighted by atomic mass is 10.1. The summed E-state index contributed by atoms with van der Waals surface area (Å²) < 4.78 is 10.6. The maximum atomic E-state index is 5.60. The Labute approximate surface area is 187 Å². The molecule has 0 aliphatic carbocycles. The number of aromatic nitrogens is 2. The van der Waals surface area contributed by atoms with Gasteiger partial charge in [-0.1, -0.05) is 25.3 Å². The molecule has 0 unspecified atom stereocenters. The highest BCUT2D eigenvalue weighted by atomic mass is 16.5. The number of methoxy groups -OCH3 is 1. The number of hydrogen-bond donors (Lipinski definition) is 2. The Morgan fingerprint density at radius 1 is 1.12 bits per heavy atom. The first-order chi connectivity index (χ1) is 15.7. The van der Waals surface area contributed by atoms with Crippen molar-refractivity contribution in [3.05, 3.63) is 96.5 Å². The van der Waals surface area contributed by atoms with Crippen molar-refractivity contribution < 1.29 is 9.47 Å². The predicted octanol–water partition coefficient (Wildman–Crippen LogP) is 4.71. The topological polar surface area (TPSA) is 80.7 Å². The summed E-state index contributed by atoms with van der Waals surface area (Å²) in [5, 5.41) is 6.47. The van der Waals surface area contributed by atoms with Gasteiger partial charge < -0.3 is 20.1 Å². The van der Waals surface area contributed by atoms with Gasteiger partial charge in [0.15, 0.2) is 0 Å². The second kappa shape index (κ2) is 9.89. The summed E-state index contributed by atoms with van der Waals surface area (Å²) in [5.74, 6) is 1.30. The number of fused-ring (bicyclic) bond motifs is 1. The number of rotatable bonds is 10. The van der Waals surface area contributed by atoms with Crippen molar-refractivity contribution in [2.45, 2.75) is 6.54 Å². The number of aliphatic imine (C=N–C) groups is 1. The van der Waals surface area contributed by atoms with Crippen molar-refractivity contribution >= 4 is 23.0 Å². The number of hydrogen-bond acceptors (Lipinski definition) is 7. The highest BCUT2D eigenvalue weighted by Crippen LogP contribution is 2.25. The molecule has 3 aromatic rings. The molecular formula is C25H25N5O2. The van der Waals surface area contributed by atoms with Gasteiger partial charge in [-0.2, -0.15) is 0 Å². The number of benzene rings is 2. The van der Waals surface area contributed by atoms with Crippen LogP contribution < -0.4 is 15.4 Å². The fourth-order valence-electron chi connectivity index (χ4n) is 3.24. The monoisotopic (exact) mass is 427 g/mol. The molecule has 2 aromatic carbocycles. The first-order valence-electron chi connectivity index (χ1n) is 10.2. The first kappa shape index (κ1) is 21.3. The second-order valence-electron chi connectivity index (χ2n) is 7.16. The second-order valence-corrected chi connectivity index (χ2v) is 7.16. The van der Waals surface area contributed by atoms with Crippen molar-refractivity contribution in [2.24, 2.45) is 4.99 Å². The quantitative estimate of drug-likeness (QED) is 0.360. The van der Waals surface area contributed by atoms with Crippen molar-refractivity contribution in [3.8, 4) is 5.75 Å². The highest BCUT2D eigenvalue weighted by molar-refractivity contribution is 6.14. The van der Waals surface area contributed by atoms with E-state index in [0.717, 1.165) is 45.4 Å². The van der Waals surface area contributed by atoms with E-state index >= 15 is 0 Å². The van der Waals surface area contributed by atoms with Crippen LogP contribution in [0.25, 0.3) is 0 Å². The molecule has 0 saturated heterocycles. The van der Waals surface area contributed by atoms with E-state index in [9.17, 15) is 0 Å². The van der Waals surface area contributed by atoms with Crippen LogP contribution in [0.2, 0.25) is 0 Å². The first-order valence-corrected chi connectivity index (χ1v) is 10.2. The maximum Gasteiger partial charge on any atom is 0.227 e. The van der Waals surface area contributed by atoms with Crippen LogP contribution in [0, 0.1) is 0 Å². The third-order valence-corrected chi connectivity index (χ3v) is 4.85. The fraction of sp³-hybridized carbons (Fsp3) is 0.160. The van der Waals surface area contributed by atoms with E-state index in [0.29, 0.717) is 25.7 Å². The Morgan fingerprint density at radius 3 is 2.75 bits per heavy atom. The van der Waals surface area contributed by atoms with Gasteiger partial charge >= 0.3 is 0 Å². The van der Waals surface area contributed by atoms with Gasteiger partial charge in [0.05, 0.1) is 24.6 Å². The molecule has 0 spiro atoms. The van der Waals surface area contributed by atoms with Crippen molar-refractivity contribution in [1.82, 2.24) is 9.97 Å². The summed E-state index contributed by atoms with van der Waals surface area (Å²) in [4.78, 5) is 13.9. The van der Waals surface area contributed by atoms with Crippen LogP contribution in [0.15, 0.2) is 84.7 Å². The van der Waals surface area contributed by atoms with Crippen LogP contribution in [0.5, 0.6) is 5.75 Å². The number of anilines is 3. The van der Waals surface area contributed by atoms with E-state index in [1.165, 1.54) is 0 Å². The summed E-state index contributed by atoms with van der Waals surface area (Å²) in [7, 11) is 1.65. The Hall–Kier alpha value is -3.97. The van der Waals surface area contributed by atoms with Gasteiger partial charge in [0.1, 0.15) is 12.4 Å². The summed E-state index contributed by atoms with van der Waals surface area (Å²) in [5.41, 5.74) is 6.19. The molecule has 0 saturated carbocycles. The molecule has 2 N–H and O–H groups in total. The van der Waals surface area contributed by atoms with Gasteiger partial charge in [0.25, 0.3) is 0 Å². The molecule has 0 bridgehead atoms. The molecule has 7 nitrogen and oxygen atoms in total. The smallest absolute Gasteiger partial charge is 0.227 e. The number of allylic oxidation sites excluding steroid dienone is 1. The number of nitrogens with one attached hydrogen (secondary N) is 2. The zero-order chi connectivity index (χ0) is 22.3. The minimum Gasteiger partial charge on any atom is -0.491 e. The maximum absolute atomic E-state index is 5.60. The third-order valence-electron chi connectivity index (χ3n) is 4.85. The fourth-order valence-corrected chi connectivity index (χ4v) is 3.24. The average Bonchev–Trinajstić information content (AvgIpc) is 3.24. The van der Waals surface area contributed by atoms with Crippen LogP contribution in [0.4, 0.5) is 17.3 Å². The Balaban J connectivity index is 1.50. The van der Waals surface area contributed by atoms with E-state index in [-0.39, 0.29) is 0 Å². The molecule has 1 aliphatic heterocycles. The van der Waals surface area contributed by atoms with Gasteiger partial charge in [-0.05, 0) is 42.5 Å². The van der Waals surface area contributed by atoms with Crippen LogP contribution in [0.3, 0.4) is 0 Å². The van der Waals surface area contributed by atoms with E-state index < -0.39 is 0 Å². The van der Waals surface area contributed by atoms with Gasteiger partial charge in [-0.3, -0.25) is 4.99 Å². The molecule has 2 heterocycles. The summed E-state index contributed by atoms with van der Waals surface area (Å²) in [6.07, 6.45) is 3.50. The molecule has 32 heavy (non-hydrogen) atoms. The Morgan fingerprint density at radius 2 is 1.97 bits per heavy atom. The molecule has 1 aliphatic rings. The predicted molar refractivity (Wildman–Crippen MR) is 128 cm³/mol. The number of nitrogens with zero attached hydrogens (tertiary/aromatic N) is 3. The van der Waals surface area contributed by atoms with Crippen LogP contribution in [-0.2, 0) is 11.3 Å². The Kier molecular flexibility index (Phi) is 6.57. The van der Waals surface area contributed by atoms with Gasteiger partial charge in [-0.15, -0.1) is 0 Å². The summed E-state index contributed by atoms with van der Waals surface area (Å²) in [6.45, 7) is 9.26. The van der Waals surface area contributed by atoms with E-state index in [4.69, 9.17) is 19.5 Å². The molecule has 0 fully saturated rings. The van der Waals surface area contributed by atoms with Crippen molar-refractivity contribution in [1.29, 1.82) is 0 Å². The molecule has 1 aromatic heterocycles. The van der Waals surface area contributed by atoms with Crippen molar-refractivity contribution in [2.75, 3.05) is 31.0 Å². The summed E-state index contributed by atoms with van der Waals surface area (Å²) in [6, 6.07) is 15.6. The molecule has 0 amide bonds. The minimum atomic E-state index is 0.512. The van der Waals surface area contributed by atoms with Crippen LogP contribution in [0.1, 0.15) is 16.8 Å². The van der Waals surface area contributed by atoms with Crippen molar-refractivity contribution in [3.63, 3.8) is 0 Å². The zero-order valence-corrected chi connectivity index (χ0v) is 18.0. The van der Waals surface area contributed by atoms with Crippen LogP contribution >= 0.6 is 0 Å². The van der Waals surface area contributed by atoms with Gasteiger partial charge in [0.2, 0.25) is 5.95 Å². The lowest BCUT2D eigenvalue weighted by Gasteiger charge is -2.10. The molecule has 7 heteroatoms.